The minimum atomic E-state index is -4.97. The molecule has 0 saturated heterocycles. The van der Waals surface area contributed by atoms with Crippen LogP contribution in [-0.2, 0) is 42.1 Å². The van der Waals surface area contributed by atoms with Crippen molar-refractivity contribution in [2.45, 2.75) is 4.90 Å². The second kappa shape index (κ2) is 13.8. The Hall–Kier alpha value is -4.99. The van der Waals surface area contributed by atoms with Crippen LogP contribution in [0.3, 0.4) is 0 Å². The number of allylic oxidation sites excluding steroid dienone is 3. The maximum absolute atomic E-state index is 13.4. The zero-order chi connectivity index (χ0) is 32.2. The molecular weight excluding hydrogens is 698 g/mol. The summed E-state index contributed by atoms with van der Waals surface area (Å²) in [6.45, 7) is 0. The molecule has 1 aromatic heterocycles. The molecule has 1 aliphatic carbocycles. The minimum Gasteiger partial charge on any atom is -0.478 e. The van der Waals surface area contributed by atoms with Gasteiger partial charge in [0.25, 0.3) is 26.2 Å². The Labute approximate surface area is 261 Å². The number of nitrogens with one attached hydrogen (secondary N) is 3. The molecule has 4 rings (SSSR count). The molecule has 45 heavy (non-hydrogen) atoms. The van der Waals surface area contributed by atoms with Crippen molar-refractivity contribution < 1.29 is 66.5 Å². The smallest absolute Gasteiger partial charge is 0.337 e. The van der Waals surface area contributed by atoms with E-state index >= 15 is 0 Å². The van der Waals surface area contributed by atoms with Crippen molar-refractivity contribution in [3.05, 3.63) is 94.6 Å². The molecule has 0 fully saturated rings. The van der Waals surface area contributed by atoms with E-state index in [1.165, 1.54) is 12.1 Å². The number of Topliss-reactive ketones (excluding diaryl/α,β-unsaturated/α-hetero) is 1. The molecular formula is C23H16CuF2N8O9S2. The van der Waals surface area contributed by atoms with Gasteiger partial charge in [0, 0.05) is 22.6 Å². The molecule has 0 atom stereocenters. The molecule has 17 nitrogen and oxygen atoms in total. The summed E-state index contributed by atoms with van der Waals surface area (Å²) in [6, 6.07) is 10.3. The molecule has 0 bridgehead atoms. The number of hydrazine groups is 1. The van der Waals surface area contributed by atoms with E-state index in [9.17, 15) is 49.4 Å². The van der Waals surface area contributed by atoms with Crippen LogP contribution in [0.2, 0.25) is 0 Å². The first-order valence-electron chi connectivity index (χ1n) is 11.5. The summed E-state index contributed by atoms with van der Waals surface area (Å²) in [6.07, 6.45) is -1.89. The van der Waals surface area contributed by atoms with Gasteiger partial charge in [-0.15, -0.1) is 0 Å². The SMILES string of the molecule is O=C1C(NN/C(=N\Nc2cc(S(=O)(=O)O)ccc2C(=O)O)c2ccccc2)=CC(S(=O)(=O)O)=C/C1=N\c1nc(F)nc(F)n1.[Cu]. The molecule has 0 amide bonds. The number of hydrogen-bond donors (Lipinski definition) is 6. The van der Waals surface area contributed by atoms with Crippen LogP contribution in [0.1, 0.15) is 15.9 Å². The third-order valence-electron chi connectivity index (χ3n) is 5.30. The van der Waals surface area contributed by atoms with Crippen LogP contribution >= 0.6 is 0 Å². The minimum absolute atomic E-state index is 0. The Balaban J connectivity index is 0.00000552. The molecule has 0 unspecified atom stereocenters. The van der Waals surface area contributed by atoms with Gasteiger partial charge in [-0.3, -0.25) is 30.2 Å². The van der Waals surface area contributed by atoms with Gasteiger partial charge in [-0.2, -0.15) is 45.7 Å². The molecule has 2 aromatic carbocycles. The fourth-order valence-electron chi connectivity index (χ4n) is 3.35. The number of aromatic nitrogens is 3. The van der Waals surface area contributed by atoms with Gasteiger partial charge in [-0.05, 0) is 30.4 Å². The van der Waals surface area contributed by atoms with Gasteiger partial charge in [0.2, 0.25) is 5.78 Å². The second-order valence-electron chi connectivity index (χ2n) is 8.26. The van der Waals surface area contributed by atoms with Crippen LogP contribution in [0.5, 0.6) is 0 Å². The first-order chi connectivity index (χ1) is 20.6. The maximum Gasteiger partial charge on any atom is 0.337 e. The zero-order valence-corrected chi connectivity index (χ0v) is 24.2. The van der Waals surface area contributed by atoms with E-state index in [1.54, 1.807) is 18.2 Å². The van der Waals surface area contributed by atoms with E-state index in [-0.39, 0.29) is 34.2 Å². The van der Waals surface area contributed by atoms with Crippen LogP contribution in [0.4, 0.5) is 20.4 Å². The molecule has 0 spiro atoms. The van der Waals surface area contributed by atoms with Crippen LogP contribution in [-0.4, -0.2) is 69.3 Å². The Bertz CT molecular complexity index is 2000. The topological polar surface area (TPSA) is 263 Å². The number of carboxylic acids is 1. The largest absolute Gasteiger partial charge is 0.478 e. The van der Waals surface area contributed by atoms with Gasteiger partial charge >= 0.3 is 18.1 Å². The normalized spacial score (nSPS) is 14.6. The van der Waals surface area contributed by atoms with Crippen LogP contribution in [0.25, 0.3) is 0 Å². The number of aromatic carboxylic acids is 1. The predicted octanol–water partition coefficient (Wildman–Crippen LogP) is 0.971. The number of anilines is 1. The number of nitrogens with zero attached hydrogens (tertiary/aromatic N) is 5. The van der Waals surface area contributed by atoms with Crippen molar-refractivity contribution in [1.82, 2.24) is 25.8 Å². The molecule has 0 aliphatic heterocycles. The fraction of sp³-hybridized carbons (Fsp3) is 0. The van der Waals surface area contributed by atoms with Crippen molar-refractivity contribution in [2.24, 2.45) is 10.1 Å². The Morgan fingerprint density at radius 2 is 1.53 bits per heavy atom. The monoisotopic (exact) mass is 713 g/mol. The molecule has 6 N–H and O–H groups in total. The van der Waals surface area contributed by atoms with E-state index in [2.05, 4.69) is 41.3 Å². The standard InChI is InChI=1S/C23H16F2N8O9S2.Cu/c24-21-27-22(25)29-23(28-21)26-16-9-13(44(40,41)42)10-17(18(16)34)31-33-19(11-4-2-1-3-5-11)32-30-15-8-12(43(37,38)39)6-7-14(15)20(35)36;/h1-10,30-31H,(H,32,33)(H,35,36)(H,37,38,39)(H,40,41,42);/b26-16+;. The number of carbonyl (C=O) groups excluding carboxylic acids is 1. The summed E-state index contributed by atoms with van der Waals surface area (Å²) < 4.78 is 92.6. The fourth-order valence-corrected chi connectivity index (χ4v) is 4.39. The van der Waals surface area contributed by atoms with Crippen LogP contribution in [0, 0.1) is 12.2 Å². The number of ketones is 1. The summed E-state index contributed by atoms with van der Waals surface area (Å²) in [5.74, 6) is -3.70. The number of hydrazone groups is 1. The molecule has 1 aliphatic rings. The number of rotatable bonds is 9. The first kappa shape index (κ1) is 34.5. The summed E-state index contributed by atoms with van der Waals surface area (Å²) >= 11 is 0. The van der Waals surface area contributed by atoms with Crippen molar-refractivity contribution in [3.8, 4) is 0 Å². The Morgan fingerprint density at radius 3 is 2.11 bits per heavy atom. The average molecular weight is 714 g/mol. The third kappa shape index (κ3) is 8.78. The molecule has 239 valence electrons. The molecule has 3 aromatic rings. The summed E-state index contributed by atoms with van der Waals surface area (Å²) in [4.78, 5) is 35.6. The maximum atomic E-state index is 13.4. The van der Waals surface area contributed by atoms with E-state index in [1.807, 2.05) is 0 Å². The van der Waals surface area contributed by atoms with Gasteiger partial charge in [-0.1, -0.05) is 30.3 Å². The molecule has 0 saturated carbocycles. The van der Waals surface area contributed by atoms with Gasteiger partial charge in [0.05, 0.1) is 21.1 Å². The Morgan fingerprint density at radius 1 is 0.889 bits per heavy atom. The molecule has 22 heteroatoms. The van der Waals surface area contributed by atoms with Gasteiger partial charge in [-0.25, -0.2) is 9.79 Å². The van der Waals surface area contributed by atoms with Crippen molar-refractivity contribution in [2.75, 3.05) is 5.43 Å². The van der Waals surface area contributed by atoms with Crippen molar-refractivity contribution in [3.63, 3.8) is 0 Å². The number of halogens is 2. The van der Waals surface area contributed by atoms with Gasteiger partial charge in [0.1, 0.15) is 11.4 Å². The average Bonchev–Trinajstić information content (AvgIpc) is 2.93. The summed E-state index contributed by atoms with van der Waals surface area (Å²) in [5, 5.41) is 13.5. The first-order valence-corrected chi connectivity index (χ1v) is 14.4. The van der Waals surface area contributed by atoms with E-state index in [4.69, 9.17) is 0 Å². The molecule has 1 radical (unpaired) electrons. The predicted molar refractivity (Wildman–Crippen MR) is 146 cm³/mol. The number of amidine groups is 1. The third-order valence-corrected chi connectivity index (χ3v) is 6.98. The van der Waals surface area contributed by atoms with E-state index in [0.717, 1.165) is 18.2 Å². The van der Waals surface area contributed by atoms with Gasteiger partial charge < -0.3 is 5.11 Å². The van der Waals surface area contributed by atoms with Crippen molar-refractivity contribution >= 4 is 55.2 Å². The van der Waals surface area contributed by atoms with Crippen LogP contribution < -0.4 is 16.3 Å². The van der Waals surface area contributed by atoms with E-state index < -0.39 is 76.9 Å². The zero-order valence-electron chi connectivity index (χ0n) is 21.7. The summed E-state index contributed by atoms with van der Waals surface area (Å²) in [5.41, 5.74) is 5.27. The number of carbonyl (C=O) groups is 2. The van der Waals surface area contributed by atoms with Crippen molar-refractivity contribution in [1.29, 1.82) is 0 Å². The van der Waals surface area contributed by atoms with Gasteiger partial charge in [0.15, 0.2) is 5.84 Å². The van der Waals surface area contributed by atoms with E-state index in [0.29, 0.717) is 12.2 Å². The second-order valence-corrected chi connectivity index (χ2v) is 11.1. The number of benzene rings is 2. The van der Waals surface area contributed by atoms with Crippen LogP contribution in [0.15, 0.2) is 86.3 Å². The molecule has 1 heterocycles. The number of carboxylic acid groups (broad SMARTS) is 1. The summed E-state index contributed by atoms with van der Waals surface area (Å²) in [7, 11) is -9.71. The Kier molecular flexibility index (Phi) is 10.5. The number of hydrogen-bond acceptors (Lipinski definition) is 13. The number of aliphatic imine (C=N–C) groups is 1. The quantitative estimate of drug-likeness (QED) is 0.0451.